The van der Waals surface area contributed by atoms with Crippen LogP contribution in [0.5, 0.6) is 11.5 Å². The minimum atomic E-state index is 0.616. The number of hydrogen-bond donors (Lipinski definition) is 1. The van der Waals surface area contributed by atoms with Gasteiger partial charge in [-0.15, -0.1) is 0 Å². The molecular weight excluding hydrogens is 266 g/mol. The number of ether oxygens (including phenoxy) is 2. The summed E-state index contributed by atoms with van der Waals surface area (Å²) < 4.78 is 13.7. The fraction of sp³-hybridized carbons (Fsp3) is 0.562. The first-order valence-electron chi connectivity index (χ1n) is 7.86. The molecule has 2 heterocycles. The van der Waals surface area contributed by atoms with E-state index in [4.69, 9.17) is 20.2 Å². The molecule has 4 rings (SSSR count). The van der Waals surface area contributed by atoms with E-state index in [1.165, 1.54) is 18.7 Å². The first-order chi connectivity index (χ1) is 10.4. The lowest BCUT2D eigenvalue weighted by Gasteiger charge is -2.18. The molecule has 1 saturated carbocycles. The van der Waals surface area contributed by atoms with Crippen molar-refractivity contribution in [2.24, 2.45) is 5.73 Å². The van der Waals surface area contributed by atoms with Crippen LogP contribution in [0.2, 0.25) is 0 Å². The molecule has 2 aliphatic rings. The van der Waals surface area contributed by atoms with Crippen molar-refractivity contribution in [1.82, 2.24) is 9.55 Å². The van der Waals surface area contributed by atoms with Crippen LogP contribution in [0.4, 0.5) is 0 Å². The molecule has 5 nitrogen and oxygen atoms in total. The van der Waals surface area contributed by atoms with E-state index in [1.54, 1.807) is 0 Å². The molecule has 1 aromatic carbocycles. The number of unbranched alkanes of at least 4 members (excludes halogenated alkanes) is 1. The second-order valence-corrected chi connectivity index (χ2v) is 5.88. The number of nitrogens with two attached hydrogens (primary N) is 1. The summed E-state index contributed by atoms with van der Waals surface area (Å²) in [4.78, 5) is 4.86. The van der Waals surface area contributed by atoms with Crippen LogP contribution in [0.25, 0.3) is 11.0 Å². The zero-order valence-electron chi connectivity index (χ0n) is 12.2. The standard InChI is InChI=1S/C16H21N3O2/c17-5-1-2-6-19-13-10-15-14(20-7-8-21-15)9-12(13)18-16(19)11-3-4-11/h9-11H,1-8,17H2. The van der Waals surface area contributed by atoms with Crippen molar-refractivity contribution in [2.45, 2.75) is 38.1 Å². The summed E-state index contributed by atoms with van der Waals surface area (Å²) in [6.07, 6.45) is 4.66. The highest BCUT2D eigenvalue weighted by Crippen LogP contribution is 2.42. The Morgan fingerprint density at radius 2 is 1.90 bits per heavy atom. The summed E-state index contributed by atoms with van der Waals surface area (Å²) in [7, 11) is 0. The Hall–Kier alpha value is -1.75. The quantitative estimate of drug-likeness (QED) is 0.858. The molecule has 0 radical (unpaired) electrons. The van der Waals surface area contributed by atoms with Gasteiger partial charge in [-0.05, 0) is 32.2 Å². The maximum absolute atomic E-state index is 5.71. The van der Waals surface area contributed by atoms with Gasteiger partial charge in [0.25, 0.3) is 0 Å². The van der Waals surface area contributed by atoms with Gasteiger partial charge < -0.3 is 19.8 Å². The second-order valence-electron chi connectivity index (χ2n) is 5.88. The van der Waals surface area contributed by atoms with Crippen LogP contribution >= 0.6 is 0 Å². The minimum absolute atomic E-state index is 0.616. The molecule has 21 heavy (non-hydrogen) atoms. The largest absolute Gasteiger partial charge is 0.486 e. The van der Waals surface area contributed by atoms with Crippen molar-refractivity contribution < 1.29 is 9.47 Å². The molecule has 0 saturated heterocycles. The first-order valence-corrected chi connectivity index (χ1v) is 7.86. The highest BCUT2D eigenvalue weighted by atomic mass is 16.6. The minimum Gasteiger partial charge on any atom is -0.486 e. The Bertz CT molecular complexity index is 661. The van der Waals surface area contributed by atoms with Gasteiger partial charge in [0.2, 0.25) is 0 Å². The van der Waals surface area contributed by atoms with Crippen molar-refractivity contribution in [3.63, 3.8) is 0 Å². The fourth-order valence-electron chi connectivity index (χ4n) is 2.98. The molecule has 2 aromatic rings. The zero-order valence-corrected chi connectivity index (χ0v) is 12.2. The lowest BCUT2D eigenvalue weighted by atomic mass is 10.2. The van der Waals surface area contributed by atoms with E-state index < -0.39 is 0 Å². The number of nitrogens with zero attached hydrogens (tertiary/aromatic N) is 2. The second kappa shape index (κ2) is 5.22. The van der Waals surface area contributed by atoms with Gasteiger partial charge in [0.05, 0.1) is 11.0 Å². The third-order valence-electron chi connectivity index (χ3n) is 4.22. The number of benzene rings is 1. The molecule has 2 N–H and O–H groups in total. The number of hydrogen-bond acceptors (Lipinski definition) is 4. The predicted octanol–water partition coefficient (Wildman–Crippen LogP) is 2.42. The van der Waals surface area contributed by atoms with Crippen LogP contribution < -0.4 is 15.2 Å². The van der Waals surface area contributed by atoms with E-state index in [1.807, 2.05) is 6.07 Å². The molecule has 1 fully saturated rings. The van der Waals surface area contributed by atoms with Gasteiger partial charge in [-0.3, -0.25) is 0 Å². The molecule has 1 aliphatic carbocycles. The molecular formula is C16H21N3O2. The van der Waals surface area contributed by atoms with E-state index in [0.29, 0.717) is 19.1 Å². The summed E-state index contributed by atoms with van der Waals surface area (Å²) in [6.45, 7) is 2.97. The number of aromatic nitrogens is 2. The molecule has 112 valence electrons. The first kappa shape index (κ1) is 13.0. The molecule has 0 unspecified atom stereocenters. The van der Waals surface area contributed by atoms with Crippen molar-refractivity contribution in [3.8, 4) is 11.5 Å². The highest BCUT2D eigenvalue weighted by molar-refractivity contribution is 5.81. The SMILES string of the molecule is NCCCCn1c(C2CC2)nc2cc3c(cc21)OCCO3. The summed E-state index contributed by atoms with van der Waals surface area (Å²) in [6, 6.07) is 4.11. The topological polar surface area (TPSA) is 62.3 Å². The maximum Gasteiger partial charge on any atom is 0.163 e. The summed E-state index contributed by atoms with van der Waals surface area (Å²) in [5, 5.41) is 0. The lowest BCUT2D eigenvalue weighted by Crippen LogP contribution is -2.15. The van der Waals surface area contributed by atoms with E-state index in [9.17, 15) is 0 Å². The van der Waals surface area contributed by atoms with Crippen LogP contribution in [0, 0.1) is 0 Å². The van der Waals surface area contributed by atoms with Crippen LogP contribution in [0.3, 0.4) is 0 Å². The van der Waals surface area contributed by atoms with Gasteiger partial charge in [-0.2, -0.15) is 0 Å². The van der Waals surface area contributed by atoms with Crippen LogP contribution in [0.1, 0.15) is 37.4 Å². The Labute approximate surface area is 124 Å². The molecule has 1 aromatic heterocycles. The predicted molar refractivity (Wildman–Crippen MR) is 81.0 cm³/mol. The van der Waals surface area contributed by atoms with Gasteiger partial charge in [-0.25, -0.2) is 4.98 Å². The van der Waals surface area contributed by atoms with Gasteiger partial charge in [0, 0.05) is 24.6 Å². The summed E-state index contributed by atoms with van der Waals surface area (Å²) >= 11 is 0. The van der Waals surface area contributed by atoms with Gasteiger partial charge in [0.1, 0.15) is 19.0 Å². The van der Waals surface area contributed by atoms with Gasteiger partial charge in [0.15, 0.2) is 11.5 Å². The van der Waals surface area contributed by atoms with Gasteiger partial charge in [-0.1, -0.05) is 0 Å². The summed E-state index contributed by atoms with van der Waals surface area (Å²) in [5.74, 6) is 3.53. The third-order valence-corrected chi connectivity index (χ3v) is 4.22. The van der Waals surface area contributed by atoms with E-state index in [-0.39, 0.29) is 0 Å². The number of imidazole rings is 1. The monoisotopic (exact) mass is 287 g/mol. The fourth-order valence-corrected chi connectivity index (χ4v) is 2.98. The van der Waals surface area contributed by atoms with Gasteiger partial charge >= 0.3 is 0 Å². The molecule has 1 aliphatic heterocycles. The lowest BCUT2D eigenvalue weighted by molar-refractivity contribution is 0.172. The van der Waals surface area contributed by atoms with E-state index >= 15 is 0 Å². The van der Waals surface area contributed by atoms with Crippen LogP contribution in [-0.4, -0.2) is 29.3 Å². The molecule has 0 spiro atoms. The number of fused-ring (bicyclic) bond motifs is 2. The Balaban J connectivity index is 1.77. The van der Waals surface area contributed by atoms with Crippen LogP contribution in [-0.2, 0) is 6.54 Å². The molecule has 0 bridgehead atoms. The Kier molecular flexibility index (Phi) is 3.22. The zero-order chi connectivity index (χ0) is 14.2. The normalized spacial score (nSPS) is 17.4. The van der Waals surface area contributed by atoms with Crippen molar-refractivity contribution in [1.29, 1.82) is 0 Å². The molecule has 0 amide bonds. The molecule has 0 atom stereocenters. The van der Waals surface area contributed by atoms with E-state index in [2.05, 4.69) is 10.6 Å². The van der Waals surface area contributed by atoms with Crippen molar-refractivity contribution in [2.75, 3.05) is 19.8 Å². The van der Waals surface area contributed by atoms with Crippen molar-refractivity contribution in [3.05, 3.63) is 18.0 Å². The Morgan fingerprint density at radius 3 is 2.62 bits per heavy atom. The van der Waals surface area contributed by atoms with Crippen LogP contribution in [0.15, 0.2) is 12.1 Å². The smallest absolute Gasteiger partial charge is 0.163 e. The Morgan fingerprint density at radius 1 is 1.14 bits per heavy atom. The third kappa shape index (κ3) is 2.35. The average molecular weight is 287 g/mol. The highest BCUT2D eigenvalue weighted by Gasteiger charge is 2.30. The summed E-state index contributed by atoms with van der Waals surface area (Å²) in [5.41, 5.74) is 7.81. The number of aryl methyl sites for hydroxylation is 1. The average Bonchev–Trinajstić information content (AvgIpc) is 3.29. The molecule has 5 heteroatoms. The number of rotatable bonds is 5. The van der Waals surface area contributed by atoms with Crippen molar-refractivity contribution >= 4 is 11.0 Å². The van der Waals surface area contributed by atoms with E-state index in [0.717, 1.165) is 48.5 Å². The maximum atomic E-state index is 5.71.